The number of ketones is 1. The van der Waals surface area contributed by atoms with Gasteiger partial charge in [0, 0.05) is 43.4 Å². The minimum absolute atomic E-state index is 0.00819. The molecule has 2 aromatic rings. The van der Waals surface area contributed by atoms with Crippen LogP contribution in [-0.2, 0) is 0 Å². The summed E-state index contributed by atoms with van der Waals surface area (Å²) in [6, 6.07) is 9.74. The van der Waals surface area contributed by atoms with Gasteiger partial charge in [-0.05, 0) is 75.5 Å². The standard InChI is InChI=1S/C24H33N5O2/c1-17(20-5-11-27-22(25)16-20)28-12-8-19(9-13-28)24(31)29-14-6-18(7-15-29)23(30)21-4-2-3-10-26-21/h2-5,10-11,16-19,24,31H,6-9,12-15H2,1H3,(H2,25,27). The molecule has 0 bridgehead atoms. The number of pyridine rings is 2. The third kappa shape index (κ3) is 5.11. The lowest BCUT2D eigenvalue weighted by Gasteiger charge is -2.42. The van der Waals surface area contributed by atoms with Crippen LogP contribution in [0.1, 0.15) is 54.7 Å². The first-order valence-corrected chi connectivity index (χ1v) is 11.4. The van der Waals surface area contributed by atoms with Crippen LogP contribution in [0.3, 0.4) is 0 Å². The first-order chi connectivity index (χ1) is 15.0. The van der Waals surface area contributed by atoms with E-state index in [1.54, 1.807) is 18.5 Å². The lowest BCUT2D eigenvalue weighted by molar-refractivity contribution is -0.0715. The fourth-order valence-electron chi connectivity index (χ4n) is 4.98. The Morgan fingerprint density at radius 1 is 1.03 bits per heavy atom. The molecule has 2 unspecified atom stereocenters. The van der Waals surface area contributed by atoms with Gasteiger partial charge in [0.1, 0.15) is 17.7 Å². The van der Waals surface area contributed by atoms with Gasteiger partial charge in [-0.3, -0.25) is 19.6 Å². The lowest BCUT2D eigenvalue weighted by atomic mass is 9.88. The van der Waals surface area contributed by atoms with Gasteiger partial charge in [0.05, 0.1) is 0 Å². The van der Waals surface area contributed by atoms with E-state index in [0.29, 0.717) is 11.5 Å². The molecule has 7 heteroatoms. The number of nitrogens with zero attached hydrogens (tertiary/aromatic N) is 4. The smallest absolute Gasteiger partial charge is 0.184 e. The Balaban J connectivity index is 1.26. The highest BCUT2D eigenvalue weighted by Gasteiger charge is 2.34. The van der Waals surface area contributed by atoms with Crippen molar-refractivity contribution in [1.29, 1.82) is 0 Å². The number of carbonyl (C=O) groups is 1. The number of carbonyl (C=O) groups excluding carboxylic acids is 1. The molecule has 31 heavy (non-hydrogen) atoms. The van der Waals surface area contributed by atoms with Gasteiger partial charge in [0.15, 0.2) is 5.78 Å². The minimum Gasteiger partial charge on any atom is -0.384 e. The summed E-state index contributed by atoms with van der Waals surface area (Å²) >= 11 is 0. The molecule has 3 N–H and O–H groups in total. The maximum Gasteiger partial charge on any atom is 0.184 e. The Kier molecular flexibility index (Phi) is 6.95. The summed E-state index contributed by atoms with van der Waals surface area (Å²) in [5, 5.41) is 11.0. The number of anilines is 1. The van der Waals surface area contributed by atoms with E-state index >= 15 is 0 Å². The van der Waals surface area contributed by atoms with Crippen molar-refractivity contribution < 1.29 is 9.90 Å². The monoisotopic (exact) mass is 423 g/mol. The van der Waals surface area contributed by atoms with E-state index in [1.165, 1.54) is 5.56 Å². The maximum atomic E-state index is 12.7. The minimum atomic E-state index is -0.431. The Hall–Kier alpha value is -2.35. The fraction of sp³-hybridized carbons (Fsp3) is 0.542. The second kappa shape index (κ2) is 9.85. The SMILES string of the molecule is CC(c1ccnc(N)c1)N1CCC(C(O)N2CCC(C(=O)c3ccccn3)CC2)CC1. The summed E-state index contributed by atoms with van der Waals surface area (Å²) in [6.45, 7) is 5.64. The number of aliphatic hydroxyl groups is 1. The molecule has 0 saturated carbocycles. The first-order valence-electron chi connectivity index (χ1n) is 11.4. The van der Waals surface area contributed by atoms with Crippen molar-refractivity contribution in [2.45, 2.75) is 44.9 Å². The number of hydrogen-bond acceptors (Lipinski definition) is 7. The molecule has 2 atom stereocenters. The van der Waals surface area contributed by atoms with Crippen molar-refractivity contribution in [2.24, 2.45) is 11.8 Å². The molecule has 2 aliphatic heterocycles. The molecule has 0 radical (unpaired) electrons. The number of nitrogen functional groups attached to an aromatic ring is 1. The Labute approximate surface area is 184 Å². The molecule has 2 aliphatic rings. The molecule has 0 amide bonds. The number of likely N-dealkylation sites (tertiary alicyclic amines) is 2. The number of Topliss-reactive ketones (excluding diaryl/α,β-unsaturated/α-hetero) is 1. The van der Waals surface area contributed by atoms with Crippen LogP contribution >= 0.6 is 0 Å². The number of piperidine rings is 2. The zero-order valence-electron chi connectivity index (χ0n) is 18.2. The lowest BCUT2D eigenvalue weighted by Crippen LogP contribution is -2.49. The van der Waals surface area contributed by atoms with E-state index in [-0.39, 0.29) is 23.7 Å². The molecular weight excluding hydrogens is 390 g/mol. The summed E-state index contributed by atoms with van der Waals surface area (Å²) in [5.41, 5.74) is 7.58. The van der Waals surface area contributed by atoms with Crippen molar-refractivity contribution in [3.63, 3.8) is 0 Å². The molecule has 2 saturated heterocycles. The normalized spacial score (nSPS) is 21.6. The van der Waals surface area contributed by atoms with Crippen LogP contribution in [0, 0.1) is 11.8 Å². The number of hydrogen-bond donors (Lipinski definition) is 2. The third-order valence-electron chi connectivity index (χ3n) is 7.02. The van der Waals surface area contributed by atoms with E-state index in [0.717, 1.165) is 51.9 Å². The largest absolute Gasteiger partial charge is 0.384 e. The average molecular weight is 424 g/mol. The predicted octanol–water partition coefficient (Wildman–Crippen LogP) is 2.75. The molecule has 4 rings (SSSR count). The van der Waals surface area contributed by atoms with Crippen molar-refractivity contribution in [2.75, 3.05) is 31.9 Å². The maximum absolute atomic E-state index is 12.7. The van der Waals surface area contributed by atoms with Gasteiger partial charge in [0.25, 0.3) is 0 Å². The summed E-state index contributed by atoms with van der Waals surface area (Å²) < 4.78 is 0. The van der Waals surface area contributed by atoms with Gasteiger partial charge in [-0.2, -0.15) is 0 Å². The molecular formula is C24H33N5O2. The van der Waals surface area contributed by atoms with Gasteiger partial charge in [-0.25, -0.2) is 4.98 Å². The number of nitrogens with two attached hydrogens (primary N) is 1. The van der Waals surface area contributed by atoms with Crippen molar-refractivity contribution >= 4 is 11.6 Å². The quantitative estimate of drug-likeness (QED) is 0.690. The number of aromatic nitrogens is 2. The van der Waals surface area contributed by atoms with Gasteiger partial charge >= 0.3 is 0 Å². The molecule has 0 spiro atoms. The van der Waals surface area contributed by atoms with E-state index in [4.69, 9.17) is 5.73 Å². The summed E-state index contributed by atoms with van der Waals surface area (Å²) in [5.74, 6) is 0.969. The predicted molar refractivity (Wildman–Crippen MR) is 120 cm³/mol. The average Bonchev–Trinajstić information content (AvgIpc) is 2.83. The zero-order valence-corrected chi connectivity index (χ0v) is 18.2. The van der Waals surface area contributed by atoms with Crippen LogP contribution in [-0.4, -0.2) is 63.1 Å². The molecule has 166 valence electrons. The molecule has 0 aliphatic carbocycles. The summed E-state index contributed by atoms with van der Waals surface area (Å²) in [6.07, 6.45) is 6.51. The molecule has 7 nitrogen and oxygen atoms in total. The van der Waals surface area contributed by atoms with Gasteiger partial charge < -0.3 is 10.8 Å². The van der Waals surface area contributed by atoms with Crippen molar-refractivity contribution in [1.82, 2.24) is 19.8 Å². The van der Waals surface area contributed by atoms with Crippen LogP contribution < -0.4 is 5.73 Å². The summed E-state index contributed by atoms with van der Waals surface area (Å²) in [7, 11) is 0. The van der Waals surface area contributed by atoms with Gasteiger partial charge in [0.2, 0.25) is 0 Å². The van der Waals surface area contributed by atoms with Crippen molar-refractivity contribution in [3.8, 4) is 0 Å². The van der Waals surface area contributed by atoms with E-state index in [1.807, 2.05) is 24.3 Å². The third-order valence-corrected chi connectivity index (χ3v) is 7.02. The van der Waals surface area contributed by atoms with Crippen LogP contribution in [0.2, 0.25) is 0 Å². The van der Waals surface area contributed by atoms with Gasteiger partial charge in [-0.15, -0.1) is 0 Å². The summed E-state index contributed by atoms with van der Waals surface area (Å²) in [4.78, 5) is 25.6. The second-order valence-electron chi connectivity index (χ2n) is 8.87. The van der Waals surface area contributed by atoms with Crippen LogP contribution in [0.25, 0.3) is 0 Å². The topological polar surface area (TPSA) is 95.6 Å². The number of rotatable bonds is 6. The molecule has 4 heterocycles. The van der Waals surface area contributed by atoms with E-state index in [2.05, 4.69) is 26.7 Å². The van der Waals surface area contributed by atoms with Crippen LogP contribution in [0.4, 0.5) is 5.82 Å². The highest BCUT2D eigenvalue weighted by Crippen LogP contribution is 2.31. The highest BCUT2D eigenvalue weighted by molar-refractivity contribution is 5.96. The Morgan fingerprint density at radius 2 is 1.74 bits per heavy atom. The van der Waals surface area contributed by atoms with Gasteiger partial charge in [-0.1, -0.05) is 6.07 Å². The molecule has 2 aromatic heterocycles. The zero-order chi connectivity index (χ0) is 21.8. The Morgan fingerprint density at radius 3 is 2.39 bits per heavy atom. The van der Waals surface area contributed by atoms with Crippen LogP contribution in [0.5, 0.6) is 0 Å². The van der Waals surface area contributed by atoms with E-state index in [9.17, 15) is 9.90 Å². The van der Waals surface area contributed by atoms with E-state index < -0.39 is 6.23 Å². The van der Waals surface area contributed by atoms with Crippen molar-refractivity contribution in [3.05, 3.63) is 54.0 Å². The second-order valence-corrected chi connectivity index (χ2v) is 8.87. The highest BCUT2D eigenvalue weighted by atomic mass is 16.3. The number of aliphatic hydroxyl groups excluding tert-OH is 1. The first kappa shape index (κ1) is 21.9. The molecule has 2 fully saturated rings. The fourth-order valence-corrected chi connectivity index (χ4v) is 4.98. The Bertz CT molecular complexity index is 861. The molecule has 0 aromatic carbocycles. The van der Waals surface area contributed by atoms with Crippen LogP contribution in [0.15, 0.2) is 42.7 Å².